The molecule has 0 aliphatic heterocycles. The van der Waals surface area contributed by atoms with Crippen LogP contribution in [0.4, 0.5) is 10.1 Å². The SMILES string of the molecule is COC(=O)c1cc(C(=O)NCc2ccc(F)c(C)c2)n2ncc([N+](=O)OC)c2n1. The van der Waals surface area contributed by atoms with Crippen LogP contribution in [0.2, 0.25) is 0 Å². The fourth-order valence-electron chi connectivity index (χ4n) is 2.64. The molecular formula is C18H17FN5O5+. The van der Waals surface area contributed by atoms with Crippen molar-refractivity contribution in [3.63, 3.8) is 0 Å². The number of hydrogen-bond acceptors (Lipinski definition) is 7. The molecule has 3 aromatic rings. The molecule has 0 fully saturated rings. The predicted molar refractivity (Wildman–Crippen MR) is 96.9 cm³/mol. The van der Waals surface area contributed by atoms with Gasteiger partial charge in [0.2, 0.25) is 5.65 Å². The predicted octanol–water partition coefficient (Wildman–Crippen LogP) is 1.87. The molecule has 0 saturated heterocycles. The number of aromatic nitrogens is 3. The van der Waals surface area contributed by atoms with Crippen molar-refractivity contribution in [3.8, 4) is 0 Å². The average Bonchev–Trinajstić information content (AvgIpc) is 3.16. The summed E-state index contributed by atoms with van der Waals surface area (Å²) in [5.41, 5.74) is 0.734. The van der Waals surface area contributed by atoms with Crippen LogP contribution in [0.25, 0.3) is 5.65 Å². The van der Waals surface area contributed by atoms with Crippen molar-refractivity contribution in [1.29, 1.82) is 0 Å². The first-order valence-corrected chi connectivity index (χ1v) is 8.37. The first-order valence-electron chi connectivity index (χ1n) is 8.37. The van der Waals surface area contributed by atoms with Crippen LogP contribution in [-0.2, 0) is 16.1 Å². The average molecular weight is 402 g/mol. The van der Waals surface area contributed by atoms with Crippen molar-refractivity contribution in [2.45, 2.75) is 13.5 Å². The smallest absolute Gasteiger partial charge is 0.380 e. The van der Waals surface area contributed by atoms with Crippen molar-refractivity contribution in [3.05, 3.63) is 63.7 Å². The molecule has 0 spiro atoms. The molecule has 0 aliphatic carbocycles. The van der Waals surface area contributed by atoms with Gasteiger partial charge in [0.05, 0.1) is 12.0 Å². The highest BCUT2D eigenvalue weighted by atomic mass is 19.1. The third kappa shape index (κ3) is 3.88. The lowest BCUT2D eigenvalue weighted by atomic mass is 10.1. The Hall–Kier alpha value is -3.89. The Labute approximate surface area is 163 Å². The second kappa shape index (κ2) is 8.00. The highest BCUT2D eigenvalue weighted by Gasteiger charge is 2.28. The Balaban J connectivity index is 1.98. The minimum Gasteiger partial charge on any atom is -0.464 e. The number of rotatable bonds is 6. The van der Waals surface area contributed by atoms with Gasteiger partial charge < -0.3 is 10.1 Å². The summed E-state index contributed by atoms with van der Waals surface area (Å²) in [5.74, 6) is -1.73. The number of halogens is 1. The fraction of sp³-hybridized carbons (Fsp3) is 0.222. The van der Waals surface area contributed by atoms with E-state index in [1.807, 2.05) is 0 Å². The minimum absolute atomic E-state index is 0.0509. The monoisotopic (exact) mass is 402 g/mol. The second-order valence-electron chi connectivity index (χ2n) is 5.99. The molecule has 0 bridgehead atoms. The van der Waals surface area contributed by atoms with Crippen LogP contribution in [0.3, 0.4) is 0 Å². The van der Waals surface area contributed by atoms with Gasteiger partial charge in [-0.2, -0.15) is 5.10 Å². The van der Waals surface area contributed by atoms with Crippen LogP contribution in [0, 0.1) is 17.6 Å². The summed E-state index contributed by atoms with van der Waals surface area (Å²) in [6.45, 7) is 1.72. The normalized spacial score (nSPS) is 10.6. The Bertz CT molecular complexity index is 1130. The number of carbonyl (C=O) groups is 2. The lowest BCUT2D eigenvalue weighted by Crippen LogP contribution is -2.26. The van der Waals surface area contributed by atoms with Gasteiger partial charge in [-0.25, -0.2) is 23.5 Å². The van der Waals surface area contributed by atoms with Crippen LogP contribution >= 0.6 is 0 Å². The van der Waals surface area contributed by atoms with Crippen LogP contribution in [0.1, 0.15) is 32.1 Å². The first-order chi connectivity index (χ1) is 13.8. The number of nitrogens with zero attached hydrogens (tertiary/aromatic N) is 4. The zero-order valence-electron chi connectivity index (χ0n) is 15.8. The quantitative estimate of drug-likeness (QED) is 0.494. The molecule has 0 radical (unpaired) electrons. The lowest BCUT2D eigenvalue weighted by molar-refractivity contribution is -0.735. The standard InChI is InChI=1S/C18H16FN5O5/c1-10-6-11(4-5-12(10)19)8-20-17(25)14-7-13(18(26)28-2)22-16-15(24(27)29-3)9-21-23(14)16/h4-7,9H,8H2,1-3H3/p+1. The van der Waals surface area contributed by atoms with Gasteiger partial charge in [0.15, 0.2) is 12.8 Å². The summed E-state index contributed by atoms with van der Waals surface area (Å²) in [7, 11) is 2.32. The largest absolute Gasteiger partial charge is 0.464 e. The van der Waals surface area contributed by atoms with Crippen LogP contribution in [-0.4, -0.2) is 45.6 Å². The molecular weight excluding hydrogens is 385 g/mol. The number of nitrogens with one attached hydrogen (secondary N) is 1. The van der Waals surface area contributed by atoms with Gasteiger partial charge in [0.25, 0.3) is 10.8 Å². The van der Waals surface area contributed by atoms with E-state index in [0.717, 1.165) is 24.9 Å². The van der Waals surface area contributed by atoms with Gasteiger partial charge in [0, 0.05) is 12.6 Å². The Morgan fingerprint density at radius 1 is 1.28 bits per heavy atom. The molecule has 11 heteroatoms. The molecule has 3 rings (SSSR count). The number of methoxy groups -OCH3 is 1. The molecule has 1 N–H and O–H groups in total. The van der Waals surface area contributed by atoms with Gasteiger partial charge in [-0.05, 0) is 24.1 Å². The van der Waals surface area contributed by atoms with Gasteiger partial charge in [0.1, 0.15) is 17.7 Å². The van der Waals surface area contributed by atoms with E-state index in [1.54, 1.807) is 19.1 Å². The lowest BCUT2D eigenvalue weighted by Gasteiger charge is -2.09. The summed E-state index contributed by atoms with van der Waals surface area (Å²) in [5, 5.41) is 6.65. The highest BCUT2D eigenvalue weighted by Crippen LogP contribution is 2.20. The van der Waals surface area contributed by atoms with Crippen molar-refractivity contribution < 1.29 is 28.5 Å². The number of benzene rings is 1. The zero-order chi connectivity index (χ0) is 21.1. The van der Waals surface area contributed by atoms with Crippen molar-refractivity contribution in [2.75, 3.05) is 14.2 Å². The molecule has 0 atom stereocenters. The maximum absolute atomic E-state index is 13.4. The first kappa shape index (κ1) is 19.9. The number of ether oxygens (including phenoxy) is 1. The molecule has 29 heavy (non-hydrogen) atoms. The third-order valence-corrected chi connectivity index (χ3v) is 4.12. The summed E-state index contributed by atoms with van der Waals surface area (Å²) in [6, 6.07) is 5.66. The molecule has 1 aromatic carbocycles. The van der Waals surface area contributed by atoms with E-state index >= 15 is 0 Å². The van der Waals surface area contributed by atoms with Crippen LogP contribution in [0.5, 0.6) is 0 Å². The fourth-order valence-corrected chi connectivity index (χ4v) is 2.64. The topological polar surface area (TPSA) is 115 Å². The summed E-state index contributed by atoms with van der Waals surface area (Å²) >= 11 is 0. The summed E-state index contributed by atoms with van der Waals surface area (Å²) < 4.78 is 19.2. The Morgan fingerprint density at radius 3 is 2.69 bits per heavy atom. The molecule has 0 unspecified atom stereocenters. The Kier molecular flexibility index (Phi) is 5.48. The van der Waals surface area contributed by atoms with E-state index in [9.17, 15) is 18.9 Å². The van der Waals surface area contributed by atoms with E-state index in [2.05, 4.69) is 25.0 Å². The molecule has 0 aliphatic rings. The van der Waals surface area contributed by atoms with Crippen LogP contribution < -0.4 is 5.32 Å². The number of aryl methyl sites for hydroxylation is 1. The van der Waals surface area contributed by atoms with Gasteiger partial charge >= 0.3 is 11.7 Å². The minimum atomic E-state index is -0.794. The molecule has 1 amide bonds. The maximum Gasteiger partial charge on any atom is 0.380 e. The van der Waals surface area contributed by atoms with Gasteiger partial charge in [-0.1, -0.05) is 12.1 Å². The molecule has 10 nitrogen and oxygen atoms in total. The molecule has 0 saturated carbocycles. The second-order valence-corrected chi connectivity index (χ2v) is 5.99. The highest BCUT2D eigenvalue weighted by molar-refractivity contribution is 5.97. The van der Waals surface area contributed by atoms with Crippen molar-refractivity contribution in [2.24, 2.45) is 0 Å². The van der Waals surface area contributed by atoms with E-state index in [1.165, 1.54) is 12.1 Å². The van der Waals surface area contributed by atoms with Crippen LogP contribution in [0.15, 0.2) is 30.5 Å². The van der Waals surface area contributed by atoms with Gasteiger partial charge in [-0.3, -0.25) is 4.79 Å². The number of carbonyl (C=O) groups excluding carboxylic acids is 2. The number of fused-ring (bicyclic) bond motifs is 1. The third-order valence-electron chi connectivity index (χ3n) is 4.12. The molecule has 2 aromatic heterocycles. The summed E-state index contributed by atoms with van der Waals surface area (Å²) in [4.78, 5) is 45.3. The number of esters is 1. The van der Waals surface area contributed by atoms with E-state index in [4.69, 9.17) is 0 Å². The van der Waals surface area contributed by atoms with E-state index in [0.29, 0.717) is 11.1 Å². The van der Waals surface area contributed by atoms with Gasteiger partial charge in [-0.15, -0.1) is 0 Å². The van der Waals surface area contributed by atoms with Crippen molar-refractivity contribution >= 4 is 23.2 Å². The van der Waals surface area contributed by atoms with E-state index < -0.39 is 11.9 Å². The van der Waals surface area contributed by atoms with Crippen molar-refractivity contribution in [1.82, 2.24) is 19.9 Å². The summed E-state index contributed by atoms with van der Waals surface area (Å²) in [6.07, 6.45) is 1.15. The zero-order valence-corrected chi connectivity index (χ0v) is 15.8. The number of amides is 1. The molecule has 2 heterocycles. The maximum atomic E-state index is 13.4. The number of hydrogen-bond donors (Lipinski definition) is 1. The molecule has 150 valence electrons. The van der Waals surface area contributed by atoms with E-state index in [-0.39, 0.29) is 40.0 Å². The Morgan fingerprint density at radius 2 is 2.03 bits per heavy atom.